The summed E-state index contributed by atoms with van der Waals surface area (Å²) in [4.78, 5) is 12.7. The predicted octanol–water partition coefficient (Wildman–Crippen LogP) is 1.75. The number of amides is 1. The normalized spacial score (nSPS) is 10.3. The van der Waals surface area contributed by atoms with Gasteiger partial charge in [0.05, 0.1) is 18.4 Å². The SMILES string of the molecule is Nc1cn[nH]c1C(=O)NCc1sccc1Br. The Balaban J connectivity index is 1.99. The molecule has 0 bridgehead atoms. The summed E-state index contributed by atoms with van der Waals surface area (Å²) in [6.07, 6.45) is 1.41. The van der Waals surface area contributed by atoms with Crippen LogP contribution in [0.25, 0.3) is 0 Å². The van der Waals surface area contributed by atoms with Gasteiger partial charge in [-0.1, -0.05) is 0 Å². The Hall–Kier alpha value is -1.34. The van der Waals surface area contributed by atoms with Gasteiger partial charge in [0, 0.05) is 9.35 Å². The van der Waals surface area contributed by atoms with Crippen molar-refractivity contribution in [3.63, 3.8) is 0 Å². The number of nitrogens with zero attached hydrogens (tertiary/aromatic N) is 1. The Bertz CT molecular complexity index is 507. The number of hydrogen-bond donors (Lipinski definition) is 3. The zero-order valence-electron chi connectivity index (χ0n) is 8.16. The maximum Gasteiger partial charge on any atom is 0.271 e. The van der Waals surface area contributed by atoms with Crippen LogP contribution in [0, 0.1) is 0 Å². The third kappa shape index (κ3) is 2.25. The van der Waals surface area contributed by atoms with Crippen LogP contribution in [0.3, 0.4) is 0 Å². The second kappa shape index (κ2) is 4.67. The van der Waals surface area contributed by atoms with E-state index < -0.39 is 0 Å². The number of thiophene rings is 1. The van der Waals surface area contributed by atoms with Gasteiger partial charge < -0.3 is 11.1 Å². The number of hydrogen-bond acceptors (Lipinski definition) is 4. The summed E-state index contributed by atoms with van der Waals surface area (Å²) < 4.78 is 0.996. The van der Waals surface area contributed by atoms with Crippen molar-refractivity contribution in [2.45, 2.75) is 6.54 Å². The summed E-state index contributed by atoms with van der Waals surface area (Å²) in [6, 6.07) is 1.94. The van der Waals surface area contributed by atoms with Gasteiger partial charge in [-0.25, -0.2) is 0 Å². The number of nitrogens with one attached hydrogen (secondary N) is 2. The van der Waals surface area contributed by atoms with E-state index in [0.717, 1.165) is 9.35 Å². The fraction of sp³-hybridized carbons (Fsp3) is 0.111. The van der Waals surface area contributed by atoms with Gasteiger partial charge in [0.15, 0.2) is 0 Å². The van der Waals surface area contributed by atoms with E-state index >= 15 is 0 Å². The van der Waals surface area contributed by atoms with E-state index in [0.29, 0.717) is 17.9 Å². The minimum absolute atomic E-state index is 0.254. The highest BCUT2D eigenvalue weighted by Gasteiger charge is 2.11. The molecule has 0 atom stereocenters. The van der Waals surface area contributed by atoms with E-state index in [-0.39, 0.29) is 5.91 Å². The lowest BCUT2D eigenvalue weighted by Crippen LogP contribution is -2.23. The quantitative estimate of drug-likeness (QED) is 0.807. The Morgan fingerprint density at radius 1 is 1.69 bits per heavy atom. The smallest absolute Gasteiger partial charge is 0.271 e. The number of halogens is 1. The number of rotatable bonds is 3. The Morgan fingerprint density at radius 2 is 2.50 bits per heavy atom. The number of carbonyl (C=O) groups excluding carboxylic acids is 1. The van der Waals surface area contributed by atoms with Crippen LogP contribution < -0.4 is 11.1 Å². The van der Waals surface area contributed by atoms with Crippen LogP contribution in [-0.4, -0.2) is 16.1 Å². The molecule has 0 unspecified atom stereocenters. The van der Waals surface area contributed by atoms with E-state index in [4.69, 9.17) is 5.73 Å². The van der Waals surface area contributed by atoms with Gasteiger partial charge in [-0.2, -0.15) is 5.10 Å². The van der Waals surface area contributed by atoms with Crippen LogP contribution in [0.2, 0.25) is 0 Å². The van der Waals surface area contributed by atoms with Gasteiger partial charge in [-0.3, -0.25) is 9.89 Å². The molecular formula is C9H9BrN4OS. The van der Waals surface area contributed by atoms with Crippen molar-refractivity contribution in [1.29, 1.82) is 0 Å². The molecular weight excluding hydrogens is 292 g/mol. The van der Waals surface area contributed by atoms with Crippen molar-refractivity contribution in [2.24, 2.45) is 0 Å². The first-order valence-corrected chi connectivity index (χ1v) is 6.14. The second-order valence-corrected chi connectivity index (χ2v) is 4.93. The summed E-state index contributed by atoms with van der Waals surface area (Å²) >= 11 is 4.97. The maximum atomic E-state index is 11.7. The Labute approximate surface area is 104 Å². The third-order valence-electron chi connectivity index (χ3n) is 2.00. The number of nitrogens with two attached hydrogens (primary N) is 1. The zero-order chi connectivity index (χ0) is 11.5. The molecule has 0 fully saturated rings. The number of aromatic nitrogens is 2. The summed E-state index contributed by atoms with van der Waals surface area (Å²) in [6.45, 7) is 0.468. The molecule has 0 aliphatic heterocycles. The molecule has 5 nitrogen and oxygen atoms in total. The van der Waals surface area contributed by atoms with Crippen LogP contribution in [0.4, 0.5) is 5.69 Å². The third-order valence-corrected chi connectivity index (χ3v) is 3.92. The first-order chi connectivity index (χ1) is 7.68. The predicted molar refractivity (Wildman–Crippen MR) is 66.2 cm³/mol. The summed E-state index contributed by atoms with van der Waals surface area (Å²) in [5.74, 6) is -0.254. The molecule has 1 amide bonds. The molecule has 16 heavy (non-hydrogen) atoms. The van der Waals surface area contributed by atoms with Crippen LogP contribution in [0.5, 0.6) is 0 Å². The number of nitrogen functional groups attached to an aromatic ring is 1. The van der Waals surface area contributed by atoms with Gasteiger partial charge in [0.2, 0.25) is 0 Å². The van der Waals surface area contributed by atoms with Crippen LogP contribution >= 0.6 is 27.3 Å². The van der Waals surface area contributed by atoms with Gasteiger partial charge in [0.1, 0.15) is 5.69 Å². The largest absolute Gasteiger partial charge is 0.396 e. The summed E-state index contributed by atoms with van der Waals surface area (Å²) in [5, 5.41) is 11.0. The molecule has 0 radical (unpaired) electrons. The standard InChI is InChI=1S/C9H9BrN4OS/c10-5-1-2-16-7(5)4-12-9(15)8-6(11)3-13-14-8/h1-3H,4,11H2,(H,12,15)(H,13,14). The second-order valence-electron chi connectivity index (χ2n) is 3.07. The average molecular weight is 301 g/mol. The van der Waals surface area contributed by atoms with Crippen molar-refractivity contribution >= 4 is 38.9 Å². The van der Waals surface area contributed by atoms with Crippen LogP contribution in [0.1, 0.15) is 15.4 Å². The van der Waals surface area contributed by atoms with Crippen molar-refractivity contribution < 1.29 is 4.79 Å². The molecule has 0 saturated heterocycles. The number of H-pyrrole nitrogens is 1. The monoisotopic (exact) mass is 300 g/mol. The lowest BCUT2D eigenvalue weighted by molar-refractivity contribution is 0.0947. The maximum absolute atomic E-state index is 11.7. The first kappa shape index (κ1) is 11.2. The number of anilines is 1. The number of carbonyl (C=O) groups is 1. The lowest BCUT2D eigenvalue weighted by atomic mass is 10.3. The van der Waals surface area contributed by atoms with Crippen molar-refractivity contribution in [1.82, 2.24) is 15.5 Å². The Morgan fingerprint density at radius 3 is 3.06 bits per heavy atom. The van der Waals surface area contributed by atoms with E-state index in [1.807, 2.05) is 11.4 Å². The molecule has 84 valence electrons. The number of aromatic amines is 1. The van der Waals surface area contributed by atoms with Gasteiger partial charge in [-0.15, -0.1) is 11.3 Å². The van der Waals surface area contributed by atoms with Crippen molar-refractivity contribution in [2.75, 3.05) is 5.73 Å². The van der Waals surface area contributed by atoms with Gasteiger partial charge in [-0.05, 0) is 27.4 Å². The molecule has 2 aromatic heterocycles. The zero-order valence-corrected chi connectivity index (χ0v) is 10.6. The molecule has 0 spiro atoms. The lowest BCUT2D eigenvalue weighted by Gasteiger charge is -2.02. The molecule has 0 saturated carbocycles. The van der Waals surface area contributed by atoms with E-state index in [2.05, 4.69) is 31.4 Å². The van der Waals surface area contributed by atoms with Crippen LogP contribution in [-0.2, 0) is 6.54 Å². The van der Waals surface area contributed by atoms with Gasteiger partial charge >= 0.3 is 0 Å². The summed E-state index contributed by atoms with van der Waals surface area (Å²) in [7, 11) is 0. The summed E-state index contributed by atoms with van der Waals surface area (Å²) in [5.41, 5.74) is 6.21. The first-order valence-electron chi connectivity index (χ1n) is 4.47. The highest BCUT2D eigenvalue weighted by molar-refractivity contribution is 9.10. The average Bonchev–Trinajstić information content (AvgIpc) is 2.84. The molecule has 2 aromatic rings. The van der Waals surface area contributed by atoms with E-state index in [1.165, 1.54) is 6.20 Å². The highest BCUT2D eigenvalue weighted by Crippen LogP contribution is 2.22. The fourth-order valence-corrected chi connectivity index (χ4v) is 2.61. The van der Waals surface area contributed by atoms with E-state index in [9.17, 15) is 4.79 Å². The molecule has 2 rings (SSSR count). The molecule has 7 heteroatoms. The van der Waals surface area contributed by atoms with Crippen molar-refractivity contribution in [3.8, 4) is 0 Å². The molecule has 0 aromatic carbocycles. The topological polar surface area (TPSA) is 83.8 Å². The van der Waals surface area contributed by atoms with Crippen molar-refractivity contribution in [3.05, 3.63) is 32.7 Å². The molecule has 0 aliphatic rings. The molecule has 4 N–H and O–H groups in total. The minimum Gasteiger partial charge on any atom is -0.396 e. The van der Waals surface area contributed by atoms with E-state index in [1.54, 1.807) is 11.3 Å². The molecule has 2 heterocycles. The molecule has 0 aliphatic carbocycles. The minimum atomic E-state index is -0.254. The fourth-order valence-electron chi connectivity index (χ4n) is 1.18. The highest BCUT2D eigenvalue weighted by atomic mass is 79.9. The van der Waals surface area contributed by atoms with Gasteiger partial charge in [0.25, 0.3) is 5.91 Å². The Kier molecular flexibility index (Phi) is 3.25. The van der Waals surface area contributed by atoms with Crippen LogP contribution in [0.15, 0.2) is 22.1 Å².